The van der Waals surface area contributed by atoms with Crippen molar-refractivity contribution in [2.45, 2.75) is 46.3 Å². The van der Waals surface area contributed by atoms with E-state index < -0.39 is 6.10 Å². The van der Waals surface area contributed by atoms with E-state index in [4.69, 9.17) is 4.74 Å². The van der Waals surface area contributed by atoms with Crippen molar-refractivity contribution in [1.29, 1.82) is 0 Å². The Labute approximate surface area is 138 Å². The van der Waals surface area contributed by atoms with Crippen LogP contribution in [0.1, 0.15) is 43.0 Å². The molecule has 0 heterocycles. The summed E-state index contributed by atoms with van der Waals surface area (Å²) in [4.78, 5) is 12.5. The molecule has 2 rings (SSSR count). The third kappa shape index (κ3) is 4.59. The van der Waals surface area contributed by atoms with Gasteiger partial charge in [0.15, 0.2) is 6.10 Å². The number of benzene rings is 2. The fourth-order valence-electron chi connectivity index (χ4n) is 2.68. The van der Waals surface area contributed by atoms with E-state index in [1.807, 2.05) is 44.2 Å². The van der Waals surface area contributed by atoms with E-state index in [1.165, 1.54) is 11.1 Å². The molecule has 2 aromatic rings. The monoisotopic (exact) mass is 311 g/mol. The van der Waals surface area contributed by atoms with Gasteiger partial charge in [0.1, 0.15) is 5.75 Å². The van der Waals surface area contributed by atoms with Crippen molar-refractivity contribution < 1.29 is 9.53 Å². The van der Waals surface area contributed by atoms with Gasteiger partial charge in [-0.3, -0.25) is 4.79 Å². The molecule has 122 valence electrons. The minimum Gasteiger partial charge on any atom is -0.481 e. The molecule has 0 spiro atoms. The first-order chi connectivity index (χ1) is 11.0. The van der Waals surface area contributed by atoms with Crippen LogP contribution in [0.2, 0.25) is 0 Å². The lowest BCUT2D eigenvalue weighted by Crippen LogP contribution is -2.39. The van der Waals surface area contributed by atoms with Crippen molar-refractivity contribution >= 4 is 5.91 Å². The highest BCUT2D eigenvalue weighted by atomic mass is 16.5. The smallest absolute Gasteiger partial charge is 0.261 e. The molecule has 0 saturated heterocycles. The Bertz CT molecular complexity index is 652. The topological polar surface area (TPSA) is 38.3 Å². The third-order valence-electron chi connectivity index (χ3n) is 3.94. The maximum atomic E-state index is 12.5. The SMILES string of the molecule is CCC(Oc1ccccc1)C(=O)NC(C)c1ccc(C)cc1C. The number of para-hydroxylation sites is 1. The lowest BCUT2D eigenvalue weighted by Gasteiger charge is -2.22. The summed E-state index contributed by atoms with van der Waals surface area (Å²) in [5, 5.41) is 3.06. The van der Waals surface area contributed by atoms with Crippen molar-refractivity contribution in [1.82, 2.24) is 5.32 Å². The highest BCUT2D eigenvalue weighted by Crippen LogP contribution is 2.19. The molecule has 1 amide bonds. The van der Waals surface area contributed by atoms with Gasteiger partial charge in [-0.1, -0.05) is 48.9 Å². The second-order valence-electron chi connectivity index (χ2n) is 5.92. The quantitative estimate of drug-likeness (QED) is 0.862. The number of carbonyl (C=O) groups is 1. The number of hydrogen-bond donors (Lipinski definition) is 1. The molecule has 1 N–H and O–H groups in total. The maximum absolute atomic E-state index is 12.5. The minimum atomic E-state index is -0.481. The standard InChI is InChI=1S/C20H25NO2/c1-5-19(23-17-9-7-6-8-10-17)20(22)21-16(4)18-12-11-14(2)13-15(18)3/h6-13,16,19H,5H2,1-4H3,(H,21,22). The fraction of sp³-hybridized carbons (Fsp3) is 0.350. The highest BCUT2D eigenvalue weighted by Gasteiger charge is 2.21. The zero-order chi connectivity index (χ0) is 16.8. The van der Waals surface area contributed by atoms with Crippen LogP contribution in [0.3, 0.4) is 0 Å². The van der Waals surface area contributed by atoms with E-state index in [9.17, 15) is 4.79 Å². The average Bonchev–Trinajstić information content (AvgIpc) is 2.53. The second kappa shape index (κ2) is 7.82. The van der Waals surface area contributed by atoms with E-state index in [2.05, 4.69) is 37.4 Å². The molecule has 0 aromatic heterocycles. The lowest BCUT2D eigenvalue weighted by molar-refractivity contribution is -0.128. The molecule has 3 heteroatoms. The highest BCUT2D eigenvalue weighted by molar-refractivity contribution is 5.81. The van der Waals surface area contributed by atoms with Gasteiger partial charge in [0.2, 0.25) is 0 Å². The molecule has 0 saturated carbocycles. The van der Waals surface area contributed by atoms with E-state index in [1.54, 1.807) is 0 Å². The molecule has 0 aliphatic carbocycles. The third-order valence-corrected chi connectivity index (χ3v) is 3.94. The molecule has 3 nitrogen and oxygen atoms in total. The Hall–Kier alpha value is -2.29. The van der Waals surface area contributed by atoms with Crippen LogP contribution in [0.15, 0.2) is 48.5 Å². The molecule has 2 unspecified atom stereocenters. The van der Waals surface area contributed by atoms with Gasteiger partial charge in [-0.25, -0.2) is 0 Å². The zero-order valence-electron chi connectivity index (χ0n) is 14.3. The first-order valence-corrected chi connectivity index (χ1v) is 8.10. The molecule has 0 bridgehead atoms. The van der Waals surface area contributed by atoms with Crippen molar-refractivity contribution in [2.24, 2.45) is 0 Å². The Kier molecular flexibility index (Phi) is 5.80. The van der Waals surface area contributed by atoms with Gasteiger partial charge in [0, 0.05) is 0 Å². The van der Waals surface area contributed by atoms with Crippen LogP contribution >= 0.6 is 0 Å². The van der Waals surface area contributed by atoms with Crippen molar-refractivity contribution in [3.8, 4) is 5.75 Å². The van der Waals surface area contributed by atoms with Crippen LogP contribution in [0.5, 0.6) is 5.75 Å². The summed E-state index contributed by atoms with van der Waals surface area (Å²) in [5.41, 5.74) is 3.55. The number of hydrogen-bond acceptors (Lipinski definition) is 2. The van der Waals surface area contributed by atoms with Crippen molar-refractivity contribution in [2.75, 3.05) is 0 Å². The summed E-state index contributed by atoms with van der Waals surface area (Å²) in [5.74, 6) is 0.637. The van der Waals surface area contributed by atoms with Gasteiger partial charge in [-0.05, 0) is 50.5 Å². The van der Waals surface area contributed by atoms with Gasteiger partial charge < -0.3 is 10.1 Å². The molecule has 0 fully saturated rings. The summed E-state index contributed by atoms with van der Waals surface area (Å²) in [6, 6.07) is 15.7. The number of nitrogens with one attached hydrogen (secondary N) is 1. The van der Waals surface area contributed by atoms with Crippen molar-refractivity contribution in [3.63, 3.8) is 0 Å². The van der Waals surface area contributed by atoms with Gasteiger partial charge in [-0.2, -0.15) is 0 Å². The molecule has 2 aromatic carbocycles. The number of rotatable bonds is 6. The number of ether oxygens (including phenoxy) is 1. The molecular weight excluding hydrogens is 286 g/mol. The Morgan fingerprint density at radius 3 is 2.43 bits per heavy atom. The van der Waals surface area contributed by atoms with Crippen LogP contribution in [0, 0.1) is 13.8 Å². The molecular formula is C20H25NO2. The lowest BCUT2D eigenvalue weighted by atomic mass is 10.00. The Morgan fingerprint density at radius 2 is 1.83 bits per heavy atom. The van der Waals surface area contributed by atoms with Crippen LogP contribution in [-0.2, 0) is 4.79 Å². The average molecular weight is 311 g/mol. The maximum Gasteiger partial charge on any atom is 0.261 e. The van der Waals surface area contributed by atoms with E-state index in [0.29, 0.717) is 12.2 Å². The van der Waals surface area contributed by atoms with Gasteiger partial charge in [-0.15, -0.1) is 0 Å². The molecule has 0 aliphatic rings. The Balaban J connectivity index is 2.03. The zero-order valence-corrected chi connectivity index (χ0v) is 14.3. The minimum absolute atomic E-state index is 0.0449. The van der Waals surface area contributed by atoms with Crippen LogP contribution in [0.4, 0.5) is 0 Å². The van der Waals surface area contributed by atoms with E-state index >= 15 is 0 Å². The summed E-state index contributed by atoms with van der Waals surface area (Å²) >= 11 is 0. The largest absolute Gasteiger partial charge is 0.481 e. The van der Waals surface area contributed by atoms with Crippen LogP contribution in [0.25, 0.3) is 0 Å². The van der Waals surface area contributed by atoms with Gasteiger partial charge >= 0.3 is 0 Å². The summed E-state index contributed by atoms with van der Waals surface area (Å²) in [6.07, 6.45) is 0.144. The predicted molar refractivity (Wildman–Crippen MR) is 93.6 cm³/mol. The number of carbonyl (C=O) groups excluding carboxylic acids is 1. The van der Waals surface area contributed by atoms with Gasteiger partial charge in [0.05, 0.1) is 6.04 Å². The van der Waals surface area contributed by atoms with E-state index in [-0.39, 0.29) is 11.9 Å². The molecule has 0 aliphatic heterocycles. The summed E-state index contributed by atoms with van der Waals surface area (Å²) in [7, 11) is 0. The normalized spacial score (nSPS) is 13.2. The molecule has 0 radical (unpaired) electrons. The van der Waals surface area contributed by atoms with Crippen LogP contribution in [-0.4, -0.2) is 12.0 Å². The number of aryl methyl sites for hydroxylation is 2. The van der Waals surface area contributed by atoms with Crippen molar-refractivity contribution in [3.05, 3.63) is 65.2 Å². The summed E-state index contributed by atoms with van der Waals surface area (Å²) in [6.45, 7) is 8.10. The predicted octanol–water partition coefficient (Wildman–Crippen LogP) is 4.34. The first kappa shape index (κ1) is 17.1. The number of amides is 1. The fourth-order valence-corrected chi connectivity index (χ4v) is 2.68. The molecule has 2 atom stereocenters. The Morgan fingerprint density at radius 1 is 1.13 bits per heavy atom. The van der Waals surface area contributed by atoms with E-state index in [0.717, 1.165) is 5.56 Å². The summed E-state index contributed by atoms with van der Waals surface area (Å²) < 4.78 is 5.80. The second-order valence-corrected chi connectivity index (χ2v) is 5.92. The first-order valence-electron chi connectivity index (χ1n) is 8.10. The van der Waals surface area contributed by atoms with Gasteiger partial charge in [0.25, 0.3) is 5.91 Å². The van der Waals surface area contributed by atoms with Crippen LogP contribution < -0.4 is 10.1 Å². The molecule has 23 heavy (non-hydrogen) atoms.